The lowest BCUT2D eigenvalue weighted by atomic mass is 10.2. The third-order valence-electron chi connectivity index (χ3n) is 5.04. The number of fused-ring (bicyclic) bond motifs is 1. The molecular weight excluding hydrogens is 414 g/mol. The summed E-state index contributed by atoms with van der Waals surface area (Å²) in [7, 11) is 0. The quantitative estimate of drug-likeness (QED) is 0.580. The Bertz CT molecular complexity index is 1180. The van der Waals surface area contributed by atoms with Crippen LogP contribution in [0.3, 0.4) is 0 Å². The number of likely N-dealkylation sites (N-methyl/N-ethyl adjacent to an activating group) is 1. The summed E-state index contributed by atoms with van der Waals surface area (Å²) in [5, 5.41) is 10.2. The second-order valence-electron chi connectivity index (χ2n) is 7.22. The van der Waals surface area contributed by atoms with Gasteiger partial charge in [0, 0.05) is 17.3 Å². The smallest absolute Gasteiger partial charge is 0.258 e. The zero-order valence-electron chi connectivity index (χ0n) is 17.6. The zero-order valence-corrected chi connectivity index (χ0v) is 18.3. The molecule has 0 fully saturated rings. The van der Waals surface area contributed by atoms with Crippen molar-refractivity contribution in [2.75, 3.05) is 24.5 Å². The first kappa shape index (κ1) is 22.5. The highest BCUT2D eigenvalue weighted by Gasteiger charge is 2.20. The predicted octanol–water partition coefficient (Wildman–Crippen LogP) is 3.65. The number of H-pyrrole nitrogens is 1. The second kappa shape index (κ2) is 10.2. The van der Waals surface area contributed by atoms with Gasteiger partial charge in [0.25, 0.3) is 5.56 Å². The number of nitrogens with one attached hydrogen (secondary N) is 1. The number of carbonyl (C=O) groups excluding carboxylic acids is 1. The van der Waals surface area contributed by atoms with Crippen LogP contribution in [0, 0.1) is 18.3 Å². The van der Waals surface area contributed by atoms with Gasteiger partial charge in [-0.15, -0.1) is 0 Å². The van der Waals surface area contributed by atoms with Crippen molar-refractivity contribution in [3.8, 4) is 6.07 Å². The fraction of sp³-hybridized carbons (Fsp3) is 0.304. The van der Waals surface area contributed by atoms with E-state index in [1.807, 2.05) is 30.9 Å². The van der Waals surface area contributed by atoms with Crippen molar-refractivity contribution in [2.24, 2.45) is 0 Å². The molecular formula is C23H24ClN5O2. The van der Waals surface area contributed by atoms with E-state index < -0.39 is 0 Å². The first-order valence-corrected chi connectivity index (χ1v) is 10.4. The number of carbonyl (C=O) groups is 1. The molecule has 0 spiro atoms. The van der Waals surface area contributed by atoms with Crippen LogP contribution in [-0.4, -0.2) is 40.4 Å². The summed E-state index contributed by atoms with van der Waals surface area (Å²) in [5.41, 5.74) is 1.99. The van der Waals surface area contributed by atoms with Crippen LogP contribution in [0.1, 0.15) is 24.7 Å². The summed E-state index contributed by atoms with van der Waals surface area (Å²) in [5.74, 6) is 0.367. The maximum atomic E-state index is 13.1. The number of para-hydroxylation sites is 1. The van der Waals surface area contributed by atoms with E-state index in [0.29, 0.717) is 47.1 Å². The van der Waals surface area contributed by atoms with Crippen molar-refractivity contribution in [2.45, 2.75) is 26.8 Å². The second-order valence-corrected chi connectivity index (χ2v) is 7.63. The molecule has 0 aliphatic carbocycles. The van der Waals surface area contributed by atoms with Gasteiger partial charge in [0.2, 0.25) is 5.91 Å². The molecule has 0 unspecified atom stereocenters. The van der Waals surface area contributed by atoms with Crippen molar-refractivity contribution >= 4 is 34.1 Å². The molecule has 8 heteroatoms. The molecule has 1 aromatic heterocycles. The number of hydrogen-bond acceptors (Lipinski definition) is 5. The average molecular weight is 438 g/mol. The molecule has 7 nitrogen and oxygen atoms in total. The Kier molecular flexibility index (Phi) is 7.40. The Hall–Kier alpha value is -3.21. The van der Waals surface area contributed by atoms with Crippen LogP contribution in [0.5, 0.6) is 0 Å². The third kappa shape index (κ3) is 5.48. The van der Waals surface area contributed by atoms with Gasteiger partial charge in [-0.1, -0.05) is 30.7 Å². The van der Waals surface area contributed by atoms with Gasteiger partial charge in [-0.2, -0.15) is 5.26 Å². The van der Waals surface area contributed by atoms with E-state index in [1.165, 1.54) is 0 Å². The highest BCUT2D eigenvalue weighted by molar-refractivity contribution is 6.31. The molecule has 0 saturated carbocycles. The number of nitriles is 1. The van der Waals surface area contributed by atoms with Gasteiger partial charge in [-0.25, -0.2) is 4.98 Å². The fourth-order valence-electron chi connectivity index (χ4n) is 3.33. The van der Waals surface area contributed by atoms with Crippen LogP contribution in [0.4, 0.5) is 5.69 Å². The van der Waals surface area contributed by atoms with Crippen LogP contribution in [0.25, 0.3) is 10.9 Å². The molecule has 1 N–H and O–H groups in total. The first-order valence-electron chi connectivity index (χ1n) is 10.1. The van der Waals surface area contributed by atoms with Crippen molar-refractivity contribution in [1.29, 1.82) is 5.26 Å². The number of amides is 1. The van der Waals surface area contributed by atoms with Crippen molar-refractivity contribution in [3.63, 3.8) is 0 Å². The molecule has 0 aliphatic rings. The minimum Gasteiger partial charge on any atom is -0.310 e. The van der Waals surface area contributed by atoms with Gasteiger partial charge in [0.15, 0.2) is 0 Å². The number of benzene rings is 2. The fourth-order valence-corrected chi connectivity index (χ4v) is 3.45. The van der Waals surface area contributed by atoms with Gasteiger partial charge in [0.05, 0.1) is 36.5 Å². The Balaban J connectivity index is 1.80. The summed E-state index contributed by atoms with van der Waals surface area (Å²) in [4.78, 5) is 36.3. The summed E-state index contributed by atoms with van der Waals surface area (Å²) in [6.07, 6.45) is 0.221. The van der Waals surface area contributed by atoms with E-state index in [2.05, 4.69) is 16.0 Å². The molecule has 3 aromatic rings. The van der Waals surface area contributed by atoms with Crippen LogP contribution in [-0.2, 0) is 11.3 Å². The van der Waals surface area contributed by atoms with Gasteiger partial charge in [-0.05, 0) is 49.4 Å². The summed E-state index contributed by atoms with van der Waals surface area (Å²) < 4.78 is 0. The normalized spacial score (nSPS) is 10.9. The predicted molar refractivity (Wildman–Crippen MR) is 122 cm³/mol. The largest absolute Gasteiger partial charge is 0.310 e. The zero-order chi connectivity index (χ0) is 22.4. The minimum absolute atomic E-state index is 0.125. The standard InChI is InChI=1S/C23H24ClN5O2/c1-3-28(14-21-26-20-8-5-4-7-18(20)23(31)27-21)15-22(30)29(12-6-11-25)17-9-10-19(24)16(2)13-17/h4-5,7-10,13H,3,6,12,14-15H2,1-2H3,(H,26,27,31). The number of nitrogens with zero attached hydrogens (tertiary/aromatic N) is 4. The van der Waals surface area contributed by atoms with Gasteiger partial charge in [0.1, 0.15) is 5.82 Å². The summed E-state index contributed by atoms with van der Waals surface area (Å²) >= 11 is 6.12. The Morgan fingerprint density at radius 3 is 2.74 bits per heavy atom. The number of halogens is 1. The van der Waals surface area contributed by atoms with Crippen molar-refractivity contribution < 1.29 is 4.79 Å². The molecule has 31 heavy (non-hydrogen) atoms. The van der Waals surface area contributed by atoms with Crippen LogP contribution >= 0.6 is 11.6 Å². The number of aromatic nitrogens is 2. The SMILES string of the molecule is CCN(CC(=O)N(CCC#N)c1ccc(Cl)c(C)c1)Cc1nc2ccccc2c(=O)[nH]1. The molecule has 160 valence electrons. The van der Waals surface area contributed by atoms with E-state index in [1.54, 1.807) is 35.2 Å². The average Bonchev–Trinajstić information content (AvgIpc) is 2.76. The Morgan fingerprint density at radius 2 is 2.03 bits per heavy atom. The molecule has 1 amide bonds. The molecule has 0 aliphatic heterocycles. The van der Waals surface area contributed by atoms with Crippen LogP contribution < -0.4 is 10.5 Å². The van der Waals surface area contributed by atoms with Crippen molar-refractivity contribution in [3.05, 3.63) is 69.2 Å². The Morgan fingerprint density at radius 1 is 1.26 bits per heavy atom. The first-order chi connectivity index (χ1) is 14.9. The molecule has 0 atom stereocenters. The maximum Gasteiger partial charge on any atom is 0.258 e. The van der Waals surface area contributed by atoms with Gasteiger partial charge in [-0.3, -0.25) is 14.5 Å². The van der Waals surface area contributed by atoms with E-state index in [4.69, 9.17) is 16.9 Å². The lowest BCUT2D eigenvalue weighted by Crippen LogP contribution is -2.41. The molecule has 0 bridgehead atoms. The molecule has 0 saturated heterocycles. The monoisotopic (exact) mass is 437 g/mol. The number of hydrogen-bond donors (Lipinski definition) is 1. The summed E-state index contributed by atoms with van der Waals surface area (Å²) in [6, 6.07) is 14.6. The molecule has 3 rings (SSSR count). The third-order valence-corrected chi connectivity index (χ3v) is 5.47. The number of rotatable bonds is 8. The topological polar surface area (TPSA) is 93.1 Å². The molecule has 1 heterocycles. The number of aromatic amines is 1. The summed E-state index contributed by atoms with van der Waals surface area (Å²) in [6.45, 7) is 5.15. The van der Waals surface area contributed by atoms with Gasteiger partial charge >= 0.3 is 0 Å². The highest BCUT2D eigenvalue weighted by atomic mass is 35.5. The van der Waals surface area contributed by atoms with E-state index in [0.717, 1.165) is 5.56 Å². The maximum absolute atomic E-state index is 13.1. The van der Waals surface area contributed by atoms with E-state index in [-0.39, 0.29) is 24.4 Å². The van der Waals surface area contributed by atoms with Crippen LogP contribution in [0.2, 0.25) is 5.02 Å². The van der Waals surface area contributed by atoms with Crippen molar-refractivity contribution in [1.82, 2.24) is 14.9 Å². The minimum atomic E-state index is -0.199. The number of anilines is 1. The lowest BCUT2D eigenvalue weighted by molar-refractivity contribution is -0.119. The number of aryl methyl sites for hydroxylation is 1. The van der Waals surface area contributed by atoms with E-state index >= 15 is 0 Å². The Labute approximate surface area is 185 Å². The van der Waals surface area contributed by atoms with Gasteiger partial charge < -0.3 is 9.88 Å². The molecule has 2 aromatic carbocycles. The van der Waals surface area contributed by atoms with E-state index in [9.17, 15) is 9.59 Å². The highest BCUT2D eigenvalue weighted by Crippen LogP contribution is 2.23. The lowest BCUT2D eigenvalue weighted by Gasteiger charge is -2.26. The van der Waals surface area contributed by atoms with Crippen LogP contribution in [0.15, 0.2) is 47.3 Å². The molecule has 0 radical (unpaired) electrons.